The Kier molecular flexibility index (Phi) is 6.46. The van der Waals surface area contributed by atoms with Crippen molar-refractivity contribution in [1.29, 1.82) is 0 Å². The number of aromatic hydroxyl groups is 9. The van der Waals surface area contributed by atoms with Gasteiger partial charge in [0, 0.05) is 34.1 Å². The lowest BCUT2D eigenvalue weighted by Crippen LogP contribution is -2.01. The van der Waals surface area contributed by atoms with Crippen LogP contribution >= 0.6 is 0 Å². The molecule has 0 atom stereocenters. The first kappa shape index (κ1) is 30.8. The van der Waals surface area contributed by atoms with E-state index in [0.717, 1.165) is 51.8 Å². The van der Waals surface area contributed by atoms with Gasteiger partial charge in [0.25, 0.3) is 0 Å². The number of phenolic OH excluding ortho intramolecular Hbond substituents is 9. The van der Waals surface area contributed by atoms with Crippen molar-refractivity contribution in [2.45, 2.75) is 12.8 Å². The molecule has 0 aliphatic heterocycles. The molecule has 0 amide bonds. The van der Waals surface area contributed by atoms with Crippen molar-refractivity contribution in [3.63, 3.8) is 0 Å². The van der Waals surface area contributed by atoms with Gasteiger partial charge in [0.1, 0.15) is 11.3 Å². The Balaban J connectivity index is 1.41. The van der Waals surface area contributed by atoms with Crippen LogP contribution < -0.4 is 0 Å². The van der Waals surface area contributed by atoms with Crippen LogP contribution in [0, 0.1) is 0 Å². The van der Waals surface area contributed by atoms with Gasteiger partial charge in [-0.15, -0.1) is 0 Å². The highest BCUT2D eigenvalue weighted by atomic mass is 16.4. The number of furan rings is 1. The van der Waals surface area contributed by atoms with Gasteiger partial charge in [0.15, 0.2) is 23.0 Å². The standard InChI is InChI=1S/C42H28O10/c43-34-31(32(35(44)39(48)38(34)47)33-36(45)40(49)42(51)41(50)37(33)46)30-23-11-5-3-9-21(23)28(22-10-4-6-12-24(22)30)19-14-15-26-25(17-19)29-20-8-2-1-7-18(20)13-16-27(29)52-26/h1-12,14-15,17,43-51H,13,16H2. The molecule has 0 saturated heterocycles. The van der Waals surface area contributed by atoms with Crippen LogP contribution in [-0.2, 0) is 12.8 Å². The van der Waals surface area contributed by atoms with Crippen molar-refractivity contribution >= 4 is 32.5 Å². The molecule has 9 N–H and O–H groups in total. The second kappa shape index (κ2) is 10.9. The third-order valence-corrected chi connectivity index (χ3v) is 10.2. The van der Waals surface area contributed by atoms with Gasteiger partial charge in [-0.1, -0.05) is 78.9 Å². The van der Waals surface area contributed by atoms with Crippen LogP contribution in [0.5, 0.6) is 51.7 Å². The molecular formula is C42H28O10. The molecule has 1 aliphatic carbocycles. The van der Waals surface area contributed by atoms with E-state index in [9.17, 15) is 46.0 Å². The summed E-state index contributed by atoms with van der Waals surface area (Å²) < 4.78 is 6.35. The number of fused-ring (bicyclic) bond motifs is 7. The predicted octanol–water partition coefficient (Wildman–Crippen LogP) is 8.86. The summed E-state index contributed by atoms with van der Waals surface area (Å²) in [7, 11) is 0. The Morgan fingerprint density at radius 1 is 0.365 bits per heavy atom. The lowest BCUT2D eigenvalue weighted by molar-refractivity contribution is 0.329. The summed E-state index contributed by atoms with van der Waals surface area (Å²) >= 11 is 0. The van der Waals surface area contributed by atoms with Gasteiger partial charge >= 0.3 is 0 Å². The second-order valence-corrected chi connectivity index (χ2v) is 12.9. The summed E-state index contributed by atoms with van der Waals surface area (Å²) in [5, 5.41) is 101. The first-order valence-corrected chi connectivity index (χ1v) is 16.3. The van der Waals surface area contributed by atoms with Gasteiger partial charge in [0.2, 0.25) is 28.7 Å². The van der Waals surface area contributed by atoms with Crippen molar-refractivity contribution in [2.24, 2.45) is 0 Å². The average molecular weight is 693 g/mol. The quantitative estimate of drug-likeness (QED) is 0.0490. The maximum absolute atomic E-state index is 11.6. The van der Waals surface area contributed by atoms with Gasteiger partial charge < -0.3 is 50.4 Å². The highest BCUT2D eigenvalue weighted by Gasteiger charge is 2.34. The zero-order chi connectivity index (χ0) is 36.2. The molecule has 0 saturated carbocycles. The molecule has 1 aromatic heterocycles. The highest BCUT2D eigenvalue weighted by molar-refractivity contribution is 6.24. The Morgan fingerprint density at radius 3 is 1.40 bits per heavy atom. The lowest BCUT2D eigenvalue weighted by atomic mass is 9.82. The van der Waals surface area contributed by atoms with Crippen molar-refractivity contribution in [1.82, 2.24) is 0 Å². The SMILES string of the molecule is Oc1c(O)c(O)c(-c2c(O)c(O)c(O)c(O)c2-c2c3ccccc3c(-c3ccc4oc5c(c4c3)-c3ccccc3CC5)c3ccccc23)c(O)c1O. The topological polar surface area (TPSA) is 195 Å². The highest BCUT2D eigenvalue weighted by Crippen LogP contribution is 2.63. The molecular weight excluding hydrogens is 664 g/mol. The number of aryl methyl sites for hydroxylation is 2. The molecule has 1 aliphatic rings. The van der Waals surface area contributed by atoms with E-state index >= 15 is 0 Å². The Bertz CT molecular complexity index is 2760. The van der Waals surface area contributed by atoms with E-state index in [1.807, 2.05) is 48.5 Å². The van der Waals surface area contributed by atoms with Gasteiger partial charge in [-0.25, -0.2) is 0 Å². The molecule has 0 radical (unpaired) electrons. The van der Waals surface area contributed by atoms with Crippen LogP contribution in [0.15, 0.2) is 95.4 Å². The molecule has 10 nitrogen and oxygen atoms in total. The van der Waals surface area contributed by atoms with Crippen molar-refractivity contribution in [3.05, 3.63) is 102 Å². The fourth-order valence-corrected chi connectivity index (χ4v) is 7.82. The molecule has 0 unspecified atom stereocenters. The molecule has 7 aromatic carbocycles. The molecule has 1 heterocycles. The van der Waals surface area contributed by atoms with E-state index in [2.05, 4.69) is 18.2 Å². The number of benzene rings is 7. The van der Waals surface area contributed by atoms with Crippen molar-refractivity contribution < 1.29 is 50.4 Å². The van der Waals surface area contributed by atoms with E-state index in [0.29, 0.717) is 21.5 Å². The smallest absolute Gasteiger partial charge is 0.208 e. The summed E-state index contributed by atoms with van der Waals surface area (Å²) in [6.07, 6.45) is 1.65. The fraction of sp³-hybridized carbons (Fsp3) is 0.0476. The Hall–Kier alpha value is -7.20. The van der Waals surface area contributed by atoms with Crippen LogP contribution in [0.3, 0.4) is 0 Å². The van der Waals surface area contributed by atoms with Gasteiger partial charge in [-0.05, 0) is 62.4 Å². The first-order valence-electron chi connectivity index (χ1n) is 16.3. The third kappa shape index (κ3) is 4.06. The summed E-state index contributed by atoms with van der Waals surface area (Å²) in [5.41, 5.74) is 4.18. The van der Waals surface area contributed by atoms with Crippen LogP contribution in [0.4, 0.5) is 0 Å². The fourth-order valence-electron chi connectivity index (χ4n) is 7.82. The van der Waals surface area contributed by atoms with Crippen molar-refractivity contribution in [2.75, 3.05) is 0 Å². The monoisotopic (exact) mass is 692 g/mol. The predicted molar refractivity (Wildman–Crippen MR) is 195 cm³/mol. The van der Waals surface area contributed by atoms with E-state index < -0.39 is 62.9 Å². The van der Waals surface area contributed by atoms with Crippen molar-refractivity contribution in [3.8, 4) is 96.3 Å². The van der Waals surface area contributed by atoms with E-state index in [1.54, 1.807) is 24.3 Å². The van der Waals surface area contributed by atoms with Crippen LogP contribution in [0.2, 0.25) is 0 Å². The minimum atomic E-state index is -1.24. The molecule has 0 fully saturated rings. The maximum atomic E-state index is 11.6. The molecule has 0 bridgehead atoms. The Labute approximate surface area is 293 Å². The van der Waals surface area contributed by atoms with Gasteiger partial charge in [0.05, 0.1) is 5.56 Å². The lowest BCUT2D eigenvalue weighted by Gasteiger charge is -2.23. The minimum absolute atomic E-state index is 0.203. The van der Waals surface area contributed by atoms with Crippen LogP contribution in [0.1, 0.15) is 11.3 Å². The molecule has 256 valence electrons. The number of hydrogen-bond acceptors (Lipinski definition) is 10. The molecule has 0 spiro atoms. The average Bonchev–Trinajstić information content (AvgIpc) is 3.55. The third-order valence-electron chi connectivity index (χ3n) is 10.2. The maximum Gasteiger partial charge on any atom is 0.208 e. The zero-order valence-electron chi connectivity index (χ0n) is 27.0. The molecule has 9 rings (SSSR count). The number of phenols is 9. The summed E-state index contributed by atoms with van der Waals surface area (Å²) in [4.78, 5) is 0. The second-order valence-electron chi connectivity index (χ2n) is 12.9. The minimum Gasteiger partial charge on any atom is -0.504 e. The first-order chi connectivity index (χ1) is 25.1. The summed E-state index contributed by atoms with van der Waals surface area (Å²) in [6, 6.07) is 28.7. The van der Waals surface area contributed by atoms with E-state index in [-0.39, 0.29) is 11.1 Å². The normalized spacial score (nSPS) is 12.4. The van der Waals surface area contributed by atoms with E-state index in [1.165, 1.54) is 5.56 Å². The molecule has 52 heavy (non-hydrogen) atoms. The van der Waals surface area contributed by atoms with Crippen LogP contribution in [0.25, 0.3) is 77.0 Å². The summed E-state index contributed by atoms with van der Waals surface area (Å²) in [6.45, 7) is 0. The van der Waals surface area contributed by atoms with Gasteiger partial charge in [-0.3, -0.25) is 0 Å². The summed E-state index contributed by atoms with van der Waals surface area (Å²) in [5.74, 6) is -9.53. The van der Waals surface area contributed by atoms with Crippen LogP contribution in [-0.4, -0.2) is 46.0 Å². The molecule has 8 aromatic rings. The number of hydrogen-bond donors (Lipinski definition) is 9. The Morgan fingerprint density at radius 2 is 0.827 bits per heavy atom. The number of rotatable bonds is 3. The largest absolute Gasteiger partial charge is 0.504 e. The zero-order valence-corrected chi connectivity index (χ0v) is 27.0. The van der Waals surface area contributed by atoms with E-state index in [4.69, 9.17) is 4.42 Å². The van der Waals surface area contributed by atoms with Gasteiger partial charge in [-0.2, -0.15) is 0 Å². The molecule has 10 heteroatoms.